The molecule has 6 nitrogen and oxygen atoms in total. The normalized spacial score (nSPS) is 10.2. The molecule has 1 aromatic carbocycles. The lowest BCUT2D eigenvalue weighted by molar-refractivity contribution is -0.139. The van der Waals surface area contributed by atoms with Crippen molar-refractivity contribution in [2.45, 2.75) is 20.4 Å². The van der Waals surface area contributed by atoms with Crippen molar-refractivity contribution in [3.05, 3.63) is 41.7 Å². The summed E-state index contributed by atoms with van der Waals surface area (Å²) in [6, 6.07) is 9.61. The van der Waals surface area contributed by atoms with Gasteiger partial charge in [-0.25, -0.2) is 0 Å². The van der Waals surface area contributed by atoms with Gasteiger partial charge in [0.2, 0.25) is 0 Å². The third kappa shape index (κ3) is 3.92. The first-order valence-corrected chi connectivity index (χ1v) is 6.69. The van der Waals surface area contributed by atoms with Crippen LogP contribution in [0.1, 0.15) is 18.2 Å². The molecule has 0 bridgehead atoms. The summed E-state index contributed by atoms with van der Waals surface area (Å²) >= 11 is 0. The lowest BCUT2D eigenvalue weighted by atomic mass is 10.1. The topological polar surface area (TPSA) is 84.2 Å². The van der Waals surface area contributed by atoms with Crippen molar-refractivity contribution in [1.82, 2.24) is 15.8 Å². The fourth-order valence-corrected chi connectivity index (χ4v) is 1.75. The molecule has 21 heavy (non-hydrogen) atoms. The molecule has 6 heteroatoms. The zero-order valence-corrected chi connectivity index (χ0v) is 12.0. The Morgan fingerprint density at radius 2 is 1.81 bits per heavy atom. The van der Waals surface area contributed by atoms with Gasteiger partial charge < -0.3 is 15.2 Å². The van der Waals surface area contributed by atoms with Crippen molar-refractivity contribution in [1.29, 1.82) is 0 Å². The minimum Gasteiger partial charge on any atom is -0.359 e. The summed E-state index contributed by atoms with van der Waals surface area (Å²) in [6.45, 7) is 4.28. The van der Waals surface area contributed by atoms with Gasteiger partial charge in [0.25, 0.3) is 0 Å². The fourth-order valence-electron chi connectivity index (χ4n) is 1.75. The summed E-state index contributed by atoms with van der Waals surface area (Å²) in [7, 11) is 0. The Bertz CT molecular complexity index is 632. The van der Waals surface area contributed by atoms with Gasteiger partial charge in [-0.3, -0.25) is 9.59 Å². The summed E-state index contributed by atoms with van der Waals surface area (Å²) in [5, 5.41) is 8.84. The summed E-state index contributed by atoms with van der Waals surface area (Å²) in [5.74, 6) is -0.857. The van der Waals surface area contributed by atoms with Crippen molar-refractivity contribution in [2.75, 3.05) is 6.54 Å². The van der Waals surface area contributed by atoms with Gasteiger partial charge >= 0.3 is 11.8 Å². The Kier molecular flexibility index (Phi) is 4.71. The van der Waals surface area contributed by atoms with Gasteiger partial charge in [-0.1, -0.05) is 35.0 Å². The number of nitrogens with zero attached hydrogens (tertiary/aromatic N) is 1. The largest absolute Gasteiger partial charge is 0.359 e. The average molecular weight is 287 g/mol. The van der Waals surface area contributed by atoms with E-state index in [0.29, 0.717) is 18.0 Å². The number of aromatic nitrogens is 1. The van der Waals surface area contributed by atoms with Gasteiger partial charge in [0.1, 0.15) is 5.69 Å². The van der Waals surface area contributed by atoms with E-state index in [1.54, 1.807) is 13.0 Å². The van der Waals surface area contributed by atoms with E-state index in [2.05, 4.69) is 15.8 Å². The second-order valence-corrected chi connectivity index (χ2v) is 4.59. The standard InChI is InChI=1S/C15H17N3O3/c1-3-16-14(19)15(20)17-9-12-8-13(18-21-12)11-6-4-10(2)5-7-11/h4-8H,3,9H2,1-2H3,(H,16,19)(H,17,20). The summed E-state index contributed by atoms with van der Waals surface area (Å²) < 4.78 is 5.14. The molecule has 0 radical (unpaired) electrons. The molecule has 2 rings (SSSR count). The minimum absolute atomic E-state index is 0.120. The molecule has 110 valence electrons. The van der Waals surface area contributed by atoms with Crippen LogP contribution in [0.3, 0.4) is 0 Å². The third-order valence-electron chi connectivity index (χ3n) is 2.87. The van der Waals surface area contributed by atoms with Crippen LogP contribution in [0.25, 0.3) is 11.3 Å². The molecule has 0 saturated carbocycles. The second-order valence-electron chi connectivity index (χ2n) is 4.59. The zero-order valence-electron chi connectivity index (χ0n) is 12.0. The van der Waals surface area contributed by atoms with E-state index >= 15 is 0 Å². The molecule has 1 heterocycles. The van der Waals surface area contributed by atoms with Crippen LogP contribution in [0.2, 0.25) is 0 Å². The van der Waals surface area contributed by atoms with E-state index in [1.807, 2.05) is 31.2 Å². The Labute approximate surface area is 122 Å². The number of carbonyl (C=O) groups excluding carboxylic acids is 2. The Hall–Kier alpha value is -2.63. The third-order valence-corrected chi connectivity index (χ3v) is 2.87. The van der Waals surface area contributed by atoms with E-state index in [9.17, 15) is 9.59 Å². The number of carbonyl (C=O) groups is 2. The van der Waals surface area contributed by atoms with Crippen LogP contribution in [0.15, 0.2) is 34.9 Å². The molecule has 0 spiro atoms. The lowest BCUT2D eigenvalue weighted by Crippen LogP contribution is -2.39. The highest BCUT2D eigenvalue weighted by Gasteiger charge is 2.13. The van der Waals surface area contributed by atoms with Crippen molar-refractivity contribution in [2.24, 2.45) is 0 Å². The molecule has 2 amide bonds. The number of hydrogen-bond acceptors (Lipinski definition) is 4. The average Bonchev–Trinajstić information content (AvgIpc) is 2.94. The van der Waals surface area contributed by atoms with Crippen LogP contribution in [-0.4, -0.2) is 23.5 Å². The number of aryl methyl sites for hydroxylation is 1. The highest BCUT2D eigenvalue weighted by molar-refractivity contribution is 6.35. The quantitative estimate of drug-likeness (QED) is 0.833. The molecular formula is C15H17N3O3. The van der Waals surface area contributed by atoms with Crippen molar-refractivity contribution < 1.29 is 14.1 Å². The molecule has 0 unspecified atom stereocenters. The Morgan fingerprint density at radius 3 is 2.48 bits per heavy atom. The van der Waals surface area contributed by atoms with Crippen molar-refractivity contribution >= 4 is 11.8 Å². The van der Waals surface area contributed by atoms with Gasteiger partial charge in [-0.2, -0.15) is 0 Å². The fraction of sp³-hybridized carbons (Fsp3) is 0.267. The van der Waals surface area contributed by atoms with Gasteiger partial charge in [0, 0.05) is 18.2 Å². The van der Waals surface area contributed by atoms with Crippen LogP contribution < -0.4 is 10.6 Å². The maximum absolute atomic E-state index is 11.4. The van der Waals surface area contributed by atoms with E-state index in [4.69, 9.17) is 4.52 Å². The van der Waals surface area contributed by atoms with Crippen molar-refractivity contribution in [3.63, 3.8) is 0 Å². The highest BCUT2D eigenvalue weighted by atomic mass is 16.5. The molecule has 0 aliphatic rings. The maximum atomic E-state index is 11.4. The summed E-state index contributed by atoms with van der Waals surface area (Å²) in [6.07, 6.45) is 0. The number of benzene rings is 1. The van der Waals surface area contributed by atoms with Gasteiger partial charge in [0.05, 0.1) is 6.54 Å². The van der Waals surface area contributed by atoms with Gasteiger partial charge in [-0.05, 0) is 13.8 Å². The Morgan fingerprint density at radius 1 is 1.14 bits per heavy atom. The first kappa shape index (κ1) is 14.8. The van der Waals surface area contributed by atoms with E-state index in [-0.39, 0.29) is 6.54 Å². The molecule has 0 aliphatic carbocycles. The molecule has 0 saturated heterocycles. The summed E-state index contributed by atoms with van der Waals surface area (Å²) in [4.78, 5) is 22.7. The second kappa shape index (κ2) is 6.69. The minimum atomic E-state index is -0.690. The predicted molar refractivity (Wildman–Crippen MR) is 77.2 cm³/mol. The van der Waals surface area contributed by atoms with E-state index in [1.165, 1.54) is 0 Å². The first-order valence-electron chi connectivity index (χ1n) is 6.69. The van der Waals surface area contributed by atoms with E-state index < -0.39 is 11.8 Å². The monoisotopic (exact) mass is 287 g/mol. The number of rotatable bonds is 4. The summed E-state index contributed by atoms with van der Waals surface area (Å²) in [5.41, 5.74) is 2.79. The van der Waals surface area contributed by atoms with Crippen LogP contribution in [0.5, 0.6) is 0 Å². The Balaban J connectivity index is 1.96. The van der Waals surface area contributed by atoms with Gasteiger partial charge in [-0.15, -0.1) is 0 Å². The number of amides is 2. The molecule has 2 N–H and O–H groups in total. The smallest absolute Gasteiger partial charge is 0.309 e. The molecule has 1 aromatic heterocycles. The van der Waals surface area contributed by atoms with Crippen LogP contribution in [0, 0.1) is 6.92 Å². The van der Waals surface area contributed by atoms with Crippen molar-refractivity contribution in [3.8, 4) is 11.3 Å². The molecule has 0 aliphatic heterocycles. The predicted octanol–water partition coefficient (Wildman–Crippen LogP) is 1.40. The number of likely N-dealkylation sites (N-methyl/N-ethyl adjacent to an activating group) is 1. The maximum Gasteiger partial charge on any atom is 0.309 e. The number of hydrogen-bond donors (Lipinski definition) is 2. The molecular weight excluding hydrogens is 270 g/mol. The van der Waals surface area contributed by atoms with Gasteiger partial charge in [0.15, 0.2) is 5.76 Å². The molecule has 0 fully saturated rings. The van der Waals surface area contributed by atoms with E-state index in [0.717, 1.165) is 11.1 Å². The first-order chi connectivity index (χ1) is 10.1. The lowest BCUT2D eigenvalue weighted by Gasteiger charge is -2.01. The highest BCUT2D eigenvalue weighted by Crippen LogP contribution is 2.19. The number of nitrogens with one attached hydrogen (secondary N) is 2. The SMILES string of the molecule is CCNC(=O)C(=O)NCc1cc(-c2ccc(C)cc2)no1. The zero-order chi connectivity index (χ0) is 15.2. The van der Waals surface area contributed by atoms with Crippen LogP contribution in [0.4, 0.5) is 0 Å². The van der Waals surface area contributed by atoms with Crippen LogP contribution in [-0.2, 0) is 16.1 Å². The van der Waals surface area contributed by atoms with Crippen LogP contribution >= 0.6 is 0 Å². The molecule has 2 aromatic rings. The molecule has 0 atom stereocenters.